The first-order chi connectivity index (χ1) is 16.9. The van der Waals surface area contributed by atoms with E-state index >= 15 is 0 Å². The molecule has 0 saturated heterocycles. The standard InChI is InChI=1S/C28H30N2O5/c1-3-6-18(2)35-17-26(33)29-16-19-15-21(11-14-25(19)32)28(20-9-12-22(31)13-10-20)23-7-4-5-8-24(23)30-27(28)34/h4-5,7-15,18,31-32H,3,6,16-17H2,1-2H3,(H,29,33)(H,30,34). The fourth-order valence-corrected chi connectivity index (χ4v) is 4.62. The molecule has 1 heterocycles. The van der Waals surface area contributed by atoms with Crippen LogP contribution in [0.3, 0.4) is 0 Å². The monoisotopic (exact) mass is 474 g/mol. The van der Waals surface area contributed by atoms with Gasteiger partial charge in [-0.1, -0.05) is 49.7 Å². The van der Waals surface area contributed by atoms with Crippen molar-refractivity contribution in [3.8, 4) is 11.5 Å². The molecule has 1 aliphatic rings. The van der Waals surface area contributed by atoms with E-state index in [1.54, 1.807) is 36.4 Å². The normalized spacial score (nSPS) is 17.5. The van der Waals surface area contributed by atoms with Crippen LogP contribution in [0, 0.1) is 0 Å². The summed E-state index contributed by atoms with van der Waals surface area (Å²) in [6.07, 6.45) is 1.84. The molecule has 0 aromatic heterocycles. The van der Waals surface area contributed by atoms with Crippen molar-refractivity contribution in [2.75, 3.05) is 11.9 Å². The Morgan fingerprint density at radius 1 is 1.06 bits per heavy atom. The number of fused-ring (bicyclic) bond motifs is 1. The number of amides is 2. The van der Waals surface area contributed by atoms with Gasteiger partial charge in [-0.15, -0.1) is 0 Å². The van der Waals surface area contributed by atoms with Crippen LogP contribution in [0.5, 0.6) is 11.5 Å². The van der Waals surface area contributed by atoms with Gasteiger partial charge in [0.15, 0.2) is 0 Å². The number of hydrogen-bond acceptors (Lipinski definition) is 5. The molecule has 2 unspecified atom stereocenters. The zero-order chi connectivity index (χ0) is 25.0. The molecule has 0 bridgehead atoms. The maximum Gasteiger partial charge on any atom is 0.246 e. The topological polar surface area (TPSA) is 108 Å². The van der Waals surface area contributed by atoms with Crippen molar-refractivity contribution < 1.29 is 24.5 Å². The second-order valence-corrected chi connectivity index (χ2v) is 8.83. The molecule has 4 N–H and O–H groups in total. The van der Waals surface area contributed by atoms with Gasteiger partial charge >= 0.3 is 0 Å². The second-order valence-electron chi connectivity index (χ2n) is 8.83. The average Bonchev–Trinajstić information content (AvgIpc) is 3.15. The number of aromatic hydroxyl groups is 2. The summed E-state index contributed by atoms with van der Waals surface area (Å²) in [6, 6.07) is 19.0. The summed E-state index contributed by atoms with van der Waals surface area (Å²) in [4.78, 5) is 25.9. The van der Waals surface area contributed by atoms with Crippen molar-refractivity contribution in [3.63, 3.8) is 0 Å². The van der Waals surface area contributed by atoms with Crippen LogP contribution < -0.4 is 10.6 Å². The molecule has 1 aliphatic heterocycles. The molecule has 3 aromatic rings. The maximum absolute atomic E-state index is 13.6. The zero-order valence-electron chi connectivity index (χ0n) is 19.9. The average molecular weight is 475 g/mol. The molecule has 2 atom stereocenters. The Labute approximate surface area is 204 Å². The highest BCUT2D eigenvalue weighted by Crippen LogP contribution is 2.48. The van der Waals surface area contributed by atoms with Gasteiger partial charge in [0.2, 0.25) is 11.8 Å². The van der Waals surface area contributed by atoms with Gasteiger partial charge in [-0.25, -0.2) is 0 Å². The lowest BCUT2D eigenvalue weighted by molar-refractivity contribution is -0.127. The molecule has 7 nitrogen and oxygen atoms in total. The number of benzene rings is 3. The Bertz CT molecular complexity index is 1220. The van der Waals surface area contributed by atoms with Gasteiger partial charge in [0.25, 0.3) is 0 Å². The van der Waals surface area contributed by atoms with Crippen LogP contribution in [0.1, 0.15) is 48.9 Å². The number of para-hydroxylation sites is 1. The van der Waals surface area contributed by atoms with E-state index in [0.29, 0.717) is 22.4 Å². The summed E-state index contributed by atoms with van der Waals surface area (Å²) >= 11 is 0. The molecule has 0 fully saturated rings. The third kappa shape index (κ3) is 4.72. The van der Waals surface area contributed by atoms with Gasteiger partial charge in [-0.05, 0) is 54.8 Å². The molecule has 0 aliphatic carbocycles. The summed E-state index contributed by atoms with van der Waals surface area (Å²) in [6.45, 7) is 4.01. The quantitative estimate of drug-likeness (QED) is 0.372. The van der Waals surface area contributed by atoms with Crippen LogP contribution in [0.25, 0.3) is 0 Å². The molecular weight excluding hydrogens is 444 g/mol. The number of nitrogens with one attached hydrogen (secondary N) is 2. The van der Waals surface area contributed by atoms with Gasteiger partial charge in [-0.2, -0.15) is 0 Å². The van der Waals surface area contributed by atoms with E-state index in [1.807, 2.05) is 31.2 Å². The lowest BCUT2D eigenvalue weighted by Crippen LogP contribution is -2.37. The number of anilines is 1. The Morgan fingerprint density at radius 2 is 1.77 bits per heavy atom. The first-order valence-electron chi connectivity index (χ1n) is 11.8. The van der Waals surface area contributed by atoms with Crippen molar-refractivity contribution in [1.29, 1.82) is 0 Å². The minimum absolute atomic E-state index is 0.00593. The fourth-order valence-electron chi connectivity index (χ4n) is 4.62. The SMILES string of the molecule is CCCC(C)OCC(=O)NCc1cc(C2(c3ccc(O)cc3)C(=O)Nc3ccccc32)ccc1O. The van der Waals surface area contributed by atoms with E-state index in [2.05, 4.69) is 17.6 Å². The summed E-state index contributed by atoms with van der Waals surface area (Å²) in [5.74, 6) is -0.402. The van der Waals surface area contributed by atoms with Crippen LogP contribution in [0.4, 0.5) is 5.69 Å². The molecule has 2 amide bonds. The van der Waals surface area contributed by atoms with E-state index in [-0.39, 0.29) is 42.6 Å². The molecule has 3 aromatic carbocycles. The predicted molar refractivity (Wildman–Crippen MR) is 133 cm³/mol. The lowest BCUT2D eigenvalue weighted by atomic mass is 9.70. The Morgan fingerprint density at radius 3 is 2.51 bits per heavy atom. The lowest BCUT2D eigenvalue weighted by Gasteiger charge is -2.29. The van der Waals surface area contributed by atoms with Gasteiger partial charge in [-0.3, -0.25) is 9.59 Å². The predicted octanol–water partition coefficient (Wildman–Crippen LogP) is 4.21. The Hall–Kier alpha value is -3.84. The summed E-state index contributed by atoms with van der Waals surface area (Å²) in [5.41, 5.74) is 2.08. The third-order valence-electron chi connectivity index (χ3n) is 6.40. The second kappa shape index (κ2) is 10.2. The molecule has 182 valence electrons. The Kier molecular flexibility index (Phi) is 7.07. The molecule has 0 radical (unpaired) electrons. The van der Waals surface area contributed by atoms with Gasteiger partial charge < -0.3 is 25.6 Å². The first kappa shape index (κ1) is 24.3. The summed E-state index contributed by atoms with van der Waals surface area (Å²) in [5, 5.41) is 26.1. The molecule has 0 spiro atoms. The van der Waals surface area contributed by atoms with Gasteiger partial charge in [0, 0.05) is 23.4 Å². The van der Waals surface area contributed by atoms with Crippen LogP contribution in [-0.2, 0) is 26.3 Å². The molecule has 4 rings (SSSR count). The summed E-state index contributed by atoms with van der Waals surface area (Å²) in [7, 11) is 0. The molecular formula is C28H30N2O5. The zero-order valence-corrected chi connectivity index (χ0v) is 19.9. The molecule has 7 heteroatoms. The highest BCUT2D eigenvalue weighted by atomic mass is 16.5. The van der Waals surface area contributed by atoms with E-state index in [1.165, 1.54) is 6.07 Å². The number of phenolic OH excluding ortho intramolecular Hbond substituents is 2. The number of phenols is 2. The Balaban J connectivity index is 1.68. The van der Waals surface area contributed by atoms with Crippen molar-refractivity contribution in [1.82, 2.24) is 5.32 Å². The first-order valence-corrected chi connectivity index (χ1v) is 11.8. The van der Waals surface area contributed by atoms with Crippen molar-refractivity contribution in [3.05, 3.63) is 89.0 Å². The fraction of sp³-hybridized carbons (Fsp3) is 0.286. The highest BCUT2D eigenvalue weighted by molar-refractivity contribution is 6.11. The van der Waals surface area contributed by atoms with Crippen molar-refractivity contribution in [2.24, 2.45) is 0 Å². The van der Waals surface area contributed by atoms with Crippen molar-refractivity contribution in [2.45, 2.75) is 44.8 Å². The van der Waals surface area contributed by atoms with E-state index < -0.39 is 5.41 Å². The van der Waals surface area contributed by atoms with Gasteiger partial charge in [0.05, 0.1) is 6.10 Å². The largest absolute Gasteiger partial charge is 0.508 e. The molecule has 0 saturated carbocycles. The van der Waals surface area contributed by atoms with E-state index in [9.17, 15) is 19.8 Å². The number of ether oxygens (including phenoxy) is 1. The van der Waals surface area contributed by atoms with Crippen LogP contribution in [-0.4, -0.2) is 34.7 Å². The van der Waals surface area contributed by atoms with Gasteiger partial charge in [0.1, 0.15) is 23.5 Å². The number of carbonyl (C=O) groups excluding carboxylic acids is 2. The number of hydrogen-bond donors (Lipinski definition) is 4. The maximum atomic E-state index is 13.6. The number of carbonyl (C=O) groups is 2. The minimum Gasteiger partial charge on any atom is -0.508 e. The van der Waals surface area contributed by atoms with E-state index in [0.717, 1.165) is 18.4 Å². The van der Waals surface area contributed by atoms with Crippen LogP contribution in [0.15, 0.2) is 66.7 Å². The van der Waals surface area contributed by atoms with Crippen LogP contribution >= 0.6 is 0 Å². The number of rotatable bonds is 9. The minimum atomic E-state index is -1.19. The third-order valence-corrected chi connectivity index (χ3v) is 6.40. The van der Waals surface area contributed by atoms with Crippen LogP contribution in [0.2, 0.25) is 0 Å². The highest BCUT2D eigenvalue weighted by Gasteiger charge is 2.49. The smallest absolute Gasteiger partial charge is 0.246 e. The molecule has 35 heavy (non-hydrogen) atoms. The van der Waals surface area contributed by atoms with Crippen molar-refractivity contribution >= 4 is 17.5 Å². The van der Waals surface area contributed by atoms with E-state index in [4.69, 9.17) is 4.74 Å². The summed E-state index contributed by atoms with van der Waals surface area (Å²) < 4.78 is 5.56.